The topological polar surface area (TPSA) is 38.7 Å². The summed E-state index contributed by atoms with van der Waals surface area (Å²) in [5.74, 6) is 2.53. The Balaban J connectivity index is 1.86. The summed E-state index contributed by atoms with van der Waals surface area (Å²) < 4.78 is 11.7. The molecule has 0 aromatic heterocycles. The minimum atomic E-state index is -1.12. The second-order valence-corrected chi connectivity index (χ2v) is 8.32. The van der Waals surface area contributed by atoms with Crippen LogP contribution in [-0.4, -0.2) is 23.4 Å². The van der Waals surface area contributed by atoms with Crippen molar-refractivity contribution in [1.29, 1.82) is 0 Å². The molecular formula is C23H25Cl3O3. The van der Waals surface area contributed by atoms with Gasteiger partial charge in [-0.25, -0.2) is 0 Å². The molecule has 0 unspecified atom stereocenters. The predicted octanol–water partition coefficient (Wildman–Crippen LogP) is 6.30. The first-order valence-corrected chi connectivity index (χ1v) is 10.5. The molecule has 0 radical (unpaired) electrons. The number of ether oxygens (including phenoxy) is 2. The van der Waals surface area contributed by atoms with E-state index in [2.05, 4.69) is 5.92 Å². The first kappa shape index (κ1) is 24.0. The van der Waals surface area contributed by atoms with Crippen LogP contribution in [0.2, 0.25) is 15.1 Å². The summed E-state index contributed by atoms with van der Waals surface area (Å²) in [5.41, 5.74) is 0.623. The van der Waals surface area contributed by atoms with E-state index in [0.717, 1.165) is 5.56 Å². The van der Waals surface area contributed by atoms with Gasteiger partial charge in [-0.05, 0) is 37.5 Å². The molecule has 6 heteroatoms. The average molecular weight is 456 g/mol. The second-order valence-electron chi connectivity index (χ2n) is 7.07. The fraction of sp³-hybridized carbons (Fsp3) is 0.391. The highest BCUT2D eigenvalue weighted by Gasteiger charge is 2.31. The SMILES string of the molecule is C#CC[C@](C)(O)[C@@H](CCCOCc1c(Cl)cc(Cl)cc1Cl)OCc1ccccc1. The number of terminal acetylenes is 1. The quantitative estimate of drug-likeness (QED) is 0.319. The largest absolute Gasteiger partial charge is 0.386 e. The van der Waals surface area contributed by atoms with Crippen molar-refractivity contribution in [3.05, 3.63) is 68.7 Å². The van der Waals surface area contributed by atoms with E-state index in [4.69, 9.17) is 50.7 Å². The van der Waals surface area contributed by atoms with Gasteiger partial charge < -0.3 is 14.6 Å². The highest BCUT2D eigenvalue weighted by Crippen LogP contribution is 2.29. The van der Waals surface area contributed by atoms with Crippen molar-refractivity contribution in [2.75, 3.05) is 6.61 Å². The zero-order valence-corrected chi connectivity index (χ0v) is 18.6. The Morgan fingerprint density at radius 2 is 1.76 bits per heavy atom. The van der Waals surface area contributed by atoms with E-state index >= 15 is 0 Å². The lowest BCUT2D eigenvalue weighted by Gasteiger charge is -2.31. The van der Waals surface area contributed by atoms with Crippen molar-refractivity contribution in [2.24, 2.45) is 0 Å². The van der Waals surface area contributed by atoms with Crippen LogP contribution in [0, 0.1) is 12.3 Å². The maximum atomic E-state index is 10.7. The Labute approximate surface area is 187 Å². The van der Waals surface area contributed by atoms with Gasteiger partial charge in [0.15, 0.2) is 0 Å². The monoisotopic (exact) mass is 454 g/mol. The number of aliphatic hydroxyl groups is 1. The van der Waals surface area contributed by atoms with E-state index in [9.17, 15) is 5.11 Å². The van der Waals surface area contributed by atoms with Crippen LogP contribution >= 0.6 is 34.8 Å². The normalized spacial score (nSPS) is 14.2. The van der Waals surface area contributed by atoms with Crippen LogP contribution in [0.25, 0.3) is 0 Å². The summed E-state index contributed by atoms with van der Waals surface area (Å²) in [5, 5.41) is 12.2. The third-order valence-electron chi connectivity index (χ3n) is 4.55. The smallest absolute Gasteiger partial charge is 0.0988 e. The van der Waals surface area contributed by atoms with Crippen molar-refractivity contribution in [2.45, 2.75) is 51.1 Å². The van der Waals surface area contributed by atoms with Crippen molar-refractivity contribution in [3.8, 4) is 12.3 Å². The summed E-state index contributed by atoms with van der Waals surface area (Å²) in [7, 11) is 0. The summed E-state index contributed by atoms with van der Waals surface area (Å²) >= 11 is 18.3. The molecule has 0 amide bonds. The van der Waals surface area contributed by atoms with E-state index in [-0.39, 0.29) is 13.0 Å². The lowest BCUT2D eigenvalue weighted by Crippen LogP contribution is -2.41. The highest BCUT2D eigenvalue weighted by molar-refractivity contribution is 6.39. The van der Waals surface area contributed by atoms with Gasteiger partial charge in [0.2, 0.25) is 0 Å². The Hall–Kier alpha value is -1.25. The van der Waals surface area contributed by atoms with Crippen LogP contribution in [0.1, 0.15) is 37.3 Å². The van der Waals surface area contributed by atoms with Crippen molar-refractivity contribution in [1.82, 2.24) is 0 Å². The van der Waals surface area contributed by atoms with Crippen LogP contribution < -0.4 is 0 Å². The van der Waals surface area contributed by atoms with Gasteiger partial charge in [-0.15, -0.1) is 12.3 Å². The molecule has 2 aromatic carbocycles. The third kappa shape index (κ3) is 7.83. The van der Waals surface area contributed by atoms with E-state index in [0.29, 0.717) is 46.7 Å². The lowest BCUT2D eigenvalue weighted by atomic mass is 9.92. The molecule has 2 atom stereocenters. The Bertz CT molecular complexity index is 793. The molecule has 156 valence electrons. The summed E-state index contributed by atoms with van der Waals surface area (Å²) in [6.07, 6.45) is 6.50. The number of halogens is 3. The molecule has 3 nitrogen and oxygen atoms in total. The molecule has 29 heavy (non-hydrogen) atoms. The van der Waals surface area contributed by atoms with Gasteiger partial charge >= 0.3 is 0 Å². The molecule has 0 saturated heterocycles. The van der Waals surface area contributed by atoms with E-state index in [1.165, 1.54) is 0 Å². The molecule has 0 spiro atoms. The summed E-state index contributed by atoms with van der Waals surface area (Å²) in [4.78, 5) is 0. The number of rotatable bonds is 11. The van der Waals surface area contributed by atoms with Crippen LogP contribution in [0.5, 0.6) is 0 Å². The third-order valence-corrected chi connectivity index (χ3v) is 5.45. The average Bonchev–Trinajstić information content (AvgIpc) is 2.66. The Morgan fingerprint density at radius 1 is 1.10 bits per heavy atom. The molecule has 0 fully saturated rings. The Kier molecular flexibility index (Phi) is 9.79. The van der Waals surface area contributed by atoms with Gasteiger partial charge in [-0.1, -0.05) is 65.1 Å². The van der Waals surface area contributed by atoms with Crippen LogP contribution in [0.3, 0.4) is 0 Å². The zero-order chi connectivity index (χ0) is 21.3. The summed E-state index contributed by atoms with van der Waals surface area (Å²) in [6.45, 7) is 2.86. The van der Waals surface area contributed by atoms with Gasteiger partial charge in [-0.3, -0.25) is 0 Å². The van der Waals surface area contributed by atoms with Gasteiger partial charge in [0.05, 0.1) is 24.9 Å². The van der Waals surface area contributed by atoms with E-state index in [1.807, 2.05) is 30.3 Å². The first-order valence-electron chi connectivity index (χ1n) is 9.36. The standard InChI is InChI=1S/C23H25Cl3O3/c1-3-11-23(2,27)22(29-15-17-8-5-4-6-9-17)10-7-12-28-16-19-20(25)13-18(24)14-21(19)26/h1,4-6,8-9,13-14,22,27H,7,10-12,15-16H2,2H3/t22-,23+/m1/s1. The molecule has 0 bridgehead atoms. The van der Waals surface area contributed by atoms with Gasteiger partial charge in [0, 0.05) is 33.7 Å². The molecule has 0 aliphatic carbocycles. The van der Waals surface area contributed by atoms with E-state index < -0.39 is 11.7 Å². The fourth-order valence-corrected chi connectivity index (χ4v) is 3.85. The molecule has 1 N–H and O–H groups in total. The number of hydrogen-bond donors (Lipinski definition) is 1. The minimum Gasteiger partial charge on any atom is -0.386 e. The molecule has 0 aliphatic rings. The molecule has 0 aliphatic heterocycles. The maximum absolute atomic E-state index is 10.7. The maximum Gasteiger partial charge on any atom is 0.0988 e. The summed E-state index contributed by atoms with van der Waals surface area (Å²) in [6, 6.07) is 13.1. The van der Waals surface area contributed by atoms with E-state index in [1.54, 1.807) is 19.1 Å². The van der Waals surface area contributed by atoms with Crippen molar-refractivity contribution in [3.63, 3.8) is 0 Å². The first-order chi connectivity index (χ1) is 13.8. The molecular weight excluding hydrogens is 431 g/mol. The van der Waals surface area contributed by atoms with Gasteiger partial charge in [-0.2, -0.15) is 0 Å². The van der Waals surface area contributed by atoms with Crippen LogP contribution in [-0.2, 0) is 22.7 Å². The Morgan fingerprint density at radius 3 is 2.38 bits per heavy atom. The lowest BCUT2D eigenvalue weighted by molar-refractivity contribution is -0.108. The van der Waals surface area contributed by atoms with Crippen LogP contribution in [0.4, 0.5) is 0 Å². The molecule has 2 aromatic rings. The predicted molar refractivity (Wildman–Crippen MR) is 119 cm³/mol. The second kappa shape index (κ2) is 11.8. The van der Waals surface area contributed by atoms with Crippen LogP contribution in [0.15, 0.2) is 42.5 Å². The minimum absolute atomic E-state index is 0.212. The molecule has 2 rings (SSSR count). The highest BCUT2D eigenvalue weighted by atomic mass is 35.5. The van der Waals surface area contributed by atoms with Crippen molar-refractivity contribution < 1.29 is 14.6 Å². The van der Waals surface area contributed by atoms with Gasteiger partial charge in [0.1, 0.15) is 0 Å². The molecule has 0 saturated carbocycles. The number of benzene rings is 2. The van der Waals surface area contributed by atoms with Gasteiger partial charge in [0.25, 0.3) is 0 Å². The molecule has 0 heterocycles. The van der Waals surface area contributed by atoms with Crippen molar-refractivity contribution >= 4 is 34.8 Å². The number of hydrogen-bond acceptors (Lipinski definition) is 3. The fourth-order valence-electron chi connectivity index (χ4n) is 2.92. The zero-order valence-electron chi connectivity index (χ0n) is 16.3.